The van der Waals surface area contributed by atoms with E-state index in [1.165, 1.54) is 6.07 Å². The van der Waals surface area contributed by atoms with E-state index in [0.29, 0.717) is 23.5 Å². The molecule has 0 unspecified atom stereocenters. The van der Waals surface area contributed by atoms with Gasteiger partial charge in [-0.1, -0.05) is 13.0 Å². The van der Waals surface area contributed by atoms with Gasteiger partial charge in [0, 0.05) is 42.5 Å². The molecule has 1 saturated heterocycles. The number of nitrogens with zero attached hydrogens (tertiary/aromatic N) is 2. The van der Waals surface area contributed by atoms with E-state index >= 15 is 0 Å². The van der Waals surface area contributed by atoms with Crippen LogP contribution < -0.4 is 20.9 Å². The maximum Gasteiger partial charge on any atom is 0.293 e. The Balaban J connectivity index is 1.68. The van der Waals surface area contributed by atoms with Crippen molar-refractivity contribution in [2.75, 3.05) is 28.6 Å². The molecule has 168 valence electrons. The third kappa shape index (κ3) is 6.01. The monoisotopic (exact) mass is 455 g/mol. The van der Waals surface area contributed by atoms with Crippen LogP contribution in [0.25, 0.3) is 0 Å². The van der Waals surface area contributed by atoms with Crippen molar-refractivity contribution in [3.05, 3.63) is 58.1 Å². The van der Waals surface area contributed by atoms with Crippen LogP contribution in [-0.2, 0) is 4.79 Å². The van der Waals surface area contributed by atoms with E-state index in [1.807, 2.05) is 4.90 Å². The zero-order chi connectivity index (χ0) is 23.1. The number of nitrogens with one attached hydrogen (secondary N) is 3. The molecule has 10 heteroatoms. The van der Waals surface area contributed by atoms with E-state index in [1.54, 1.807) is 43.3 Å². The molecule has 2 aromatic carbocycles. The fourth-order valence-electron chi connectivity index (χ4n) is 3.47. The van der Waals surface area contributed by atoms with Gasteiger partial charge in [0.05, 0.1) is 4.92 Å². The lowest BCUT2D eigenvalue weighted by atomic mass is 10.1. The van der Waals surface area contributed by atoms with Crippen molar-refractivity contribution >= 4 is 51.9 Å². The number of benzene rings is 2. The molecular formula is C22H25N5O4S. The molecule has 1 aliphatic rings. The summed E-state index contributed by atoms with van der Waals surface area (Å²) in [6.07, 6.45) is 3.45. The predicted molar refractivity (Wildman–Crippen MR) is 128 cm³/mol. The van der Waals surface area contributed by atoms with E-state index in [-0.39, 0.29) is 22.3 Å². The maximum absolute atomic E-state index is 12.6. The molecule has 9 nitrogen and oxygen atoms in total. The van der Waals surface area contributed by atoms with Crippen LogP contribution in [0.2, 0.25) is 0 Å². The van der Waals surface area contributed by atoms with Crippen LogP contribution in [0.5, 0.6) is 0 Å². The van der Waals surface area contributed by atoms with Crippen LogP contribution in [0.3, 0.4) is 0 Å². The molecule has 3 rings (SSSR count). The van der Waals surface area contributed by atoms with Gasteiger partial charge in [0.1, 0.15) is 5.69 Å². The lowest BCUT2D eigenvalue weighted by Crippen LogP contribution is -2.34. The summed E-state index contributed by atoms with van der Waals surface area (Å²) in [6.45, 7) is 3.28. The van der Waals surface area contributed by atoms with Crippen LogP contribution in [0.1, 0.15) is 43.0 Å². The quantitative estimate of drug-likeness (QED) is 0.342. The first kappa shape index (κ1) is 23.1. The highest BCUT2D eigenvalue weighted by atomic mass is 32.1. The molecule has 0 spiro atoms. The van der Waals surface area contributed by atoms with E-state index in [4.69, 9.17) is 12.2 Å². The average Bonchev–Trinajstić information content (AvgIpc) is 2.79. The number of amides is 2. The Labute approximate surface area is 191 Å². The van der Waals surface area contributed by atoms with Gasteiger partial charge in [-0.25, -0.2) is 0 Å². The van der Waals surface area contributed by atoms with Gasteiger partial charge in [0.2, 0.25) is 5.91 Å². The largest absolute Gasteiger partial charge is 0.366 e. The van der Waals surface area contributed by atoms with Crippen molar-refractivity contribution < 1.29 is 14.5 Å². The molecule has 0 saturated carbocycles. The molecule has 32 heavy (non-hydrogen) atoms. The molecule has 1 fully saturated rings. The van der Waals surface area contributed by atoms with Crippen LogP contribution in [0.4, 0.5) is 22.7 Å². The Kier molecular flexibility index (Phi) is 7.72. The molecule has 0 atom stereocenters. The molecule has 1 heterocycles. The lowest BCUT2D eigenvalue weighted by molar-refractivity contribution is -0.384. The fraction of sp³-hybridized carbons (Fsp3) is 0.318. The molecule has 0 radical (unpaired) electrons. The third-order valence-corrected chi connectivity index (χ3v) is 5.29. The van der Waals surface area contributed by atoms with Crippen LogP contribution in [0, 0.1) is 10.1 Å². The summed E-state index contributed by atoms with van der Waals surface area (Å²) < 4.78 is 0. The maximum atomic E-state index is 12.6. The Morgan fingerprint density at radius 2 is 1.75 bits per heavy atom. The summed E-state index contributed by atoms with van der Waals surface area (Å²) in [5, 5.41) is 19.8. The van der Waals surface area contributed by atoms with Crippen LogP contribution >= 0.6 is 12.2 Å². The van der Waals surface area contributed by atoms with Gasteiger partial charge in [-0.2, -0.15) is 0 Å². The molecule has 0 bridgehead atoms. The van der Waals surface area contributed by atoms with Crippen molar-refractivity contribution in [3.63, 3.8) is 0 Å². The number of nitro groups is 1. The molecular weight excluding hydrogens is 430 g/mol. The Morgan fingerprint density at radius 1 is 1.06 bits per heavy atom. The first-order valence-corrected chi connectivity index (χ1v) is 10.8. The molecule has 0 aliphatic carbocycles. The lowest BCUT2D eigenvalue weighted by Gasteiger charge is -2.28. The summed E-state index contributed by atoms with van der Waals surface area (Å²) in [5.74, 6) is -0.668. The highest BCUT2D eigenvalue weighted by Crippen LogP contribution is 2.31. The average molecular weight is 456 g/mol. The number of hydrogen-bond acceptors (Lipinski definition) is 6. The second-order valence-corrected chi connectivity index (χ2v) is 7.81. The number of anilines is 3. The van der Waals surface area contributed by atoms with Gasteiger partial charge in [0.25, 0.3) is 11.6 Å². The van der Waals surface area contributed by atoms with Crippen molar-refractivity contribution in [1.82, 2.24) is 5.32 Å². The Morgan fingerprint density at radius 3 is 2.41 bits per heavy atom. The Hall–Kier alpha value is -3.53. The highest BCUT2D eigenvalue weighted by Gasteiger charge is 2.23. The number of rotatable bonds is 6. The number of nitro benzene ring substituents is 1. The van der Waals surface area contributed by atoms with Gasteiger partial charge in [-0.3, -0.25) is 25.0 Å². The number of hydrogen-bond donors (Lipinski definition) is 3. The predicted octanol–water partition coefficient (Wildman–Crippen LogP) is 4.06. The minimum Gasteiger partial charge on any atom is -0.366 e. The first-order valence-electron chi connectivity index (χ1n) is 10.4. The van der Waals surface area contributed by atoms with E-state index in [2.05, 4.69) is 16.0 Å². The van der Waals surface area contributed by atoms with Gasteiger partial charge in [-0.05, 0) is 61.8 Å². The normalized spacial score (nSPS) is 13.2. The Bertz CT molecular complexity index is 1040. The zero-order valence-corrected chi connectivity index (χ0v) is 18.5. The second kappa shape index (κ2) is 10.7. The van der Waals surface area contributed by atoms with E-state index < -0.39 is 10.8 Å². The summed E-state index contributed by atoms with van der Waals surface area (Å²) in [7, 11) is 0. The number of piperidine rings is 1. The smallest absolute Gasteiger partial charge is 0.293 e. The summed E-state index contributed by atoms with van der Waals surface area (Å²) in [4.78, 5) is 37.3. The number of carbonyl (C=O) groups is 2. The summed E-state index contributed by atoms with van der Waals surface area (Å²) in [6, 6.07) is 11.4. The van der Waals surface area contributed by atoms with E-state index in [0.717, 1.165) is 32.4 Å². The molecule has 2 aromatic rings. The van der Waals surface area contributed by atoms with Gasteiger partial charge in [-0.15, -0.1) is 0 Å². The van der Waals surface area contributed by atoms with Gasteiger partial charge < -0.3 is 15.5 Å². The minimum atomic E-state index is -0.550. The molecule has 1 aliphatic heterocycles. The zero-order valence-electron chi connectivity index (χ0n) is 17.7. The molecule has 2 amide bonds. The number of carbonyl (C=O) groups excluding carboxylic acids is 2. The third-order valence-electron chi connectivity index (χ3n) is 5.08. The van der Waals surface area contributed by atoms with Crippen molar-refractivity contribution in [1.29, 1.82) is 0 Å². The van der Waals surface area contributed by atoms with Crippen molar-refractivity contribution in [2.45, 2.75) is 32.6 Å². The SMILES string of the molecule is CCC(=O)Nc1cccc(NC(=S)NC(=O)c2ccc(N3CCCCC3)c([N+](=O)[O-])c2)c1. The van der Waals surface area contributed by atoms with E-state index in [9.17, 15) is 19.7 Å². The topological polar surface area (TPSA) is 117 Å². The van der Waals surface area contributed by atoms with Gasteiger partial charge in [0.15, 0.2) is 5.11 Å². The van der Waals surface area contributed by atoms with Crippen LogP contribution in [0.15, 0.2) is 42.5 Å². The summed E-state index contributed by atoms with van der Waals surface area (Å²) >= 11 is 5.21. The summed E-state index contributed by atoms with van der Waals surface area (Å²) in [5.41, 5.74) is 1.75. The standard InChI is InChI=1S/C22H25N5O4S/c1-2-20(28)23-16-7-6-8-17(14-16)24-22(32)25-21(29)15-9-10-18(19(13-15)27(30)31)26-11-4-3-5-12-26/h6-10,13-14H,2-5,11-12H2,1H3,(H,23,28)(H2,24,25,29,32). The minimum absolute atomic E-state index is 0.0386. The first-order chi connectivity index (χ1) is 15.4. The fourth-order valence-corrected chi connectivity index (χ4v) is 3.69. The second-order valence-electron chi connectivity index (χ2n) is 7.40. The molecule has 3 N–H and O–H groups in total. The number of thiocarbonyl (C=S) groups is 1. The van der Waals surface area contributed by atoms with Crippen LogP contribution in [-0.4, -0.2) is 34.9 Å². The van der Waals surface area contributed by atoms with Crippen molar-refractivity contribution in [3.8, 4) is 0 Å². The van der Waals surface area contributed by atoms with Crippen molar-refractivity contribution in [2.24, 2.45) is 0 Å². The molecule has 0 aromatic heterocycles. The van der Waals surface area contributed by atoms with Gasteiger partial charge >= 0.3 is 0 Å². The highest BCUT2D eigenvalue weighted by molar-refractivity contribution is 7.80.